The molecule has 0 aliphatic carbocycles. The Bertz CT molecular complexity index is 8930. The SMILES string of the molecule is c1ccc(-c2ccc(-c3ccccc3)c(-c3ccc(-c4ccc5sc6c(ccc7c8ccccc8n(-c8ccccc8)c76)c5c4)c(-c4nc(-c5ccccc5)nc(-c5ccccc5)n4)c3)c2)cc1.c1ccc(-c2ccc(-c3ccccc3)c(-c3ccc(-c4cccc5sc6c(ccc7c8ccccc8n(-c8ccccc8)c76)c45)c(-c4nc(-c5ccccc5)nc(-c5ccccc5)n4)c3)c2)cc1. The van der Waals surface area contributed by atoms with Crippen LogP contribution in [-0.2, 0) is 0 Å². The number of aromatic nitrogens is 8. The molecule has 0 radical (unpaired) electrons. The van der Waals surface area contributed by atoms with Gasteiger partial charge in [0.2, 0.25) is 0 Å². The lowest BCUT2D eigenvalue weighted by Crippen LogP contribution is -2.01. The van der Waals surface area contributed by atoms with Crippen LogP contribution >= 0.6 is 22.7 Å². The molecule has 0 aliphatic heterocycles. The smallest absolute Gasteiger partial charge is 0.164 e. The Balaban J connectivity index is 0.000000145. The highest BCUT2D eigenvalue weighted by Gasteiger charge is 2.27. The fourth-order valence-corrected chi connectivity index (χ4v) is 22.2. The Morgan fingerprint density at radius 3 is 0.897 bits per heavy atom. The molecule has 20 aromatic carbocycles. The van der Waals surface area contributed by atoms with E-state index < -0.39 is 0 Å². The molecule has 10 heteroatoms. The molecule has 136 heavy (non-hydrogen) atoms. The molecule has 26 rings (SSSR count). The molecular weight excluding hydrogens is 1690 g/mol. The van der Waals surface area contributed by atoms with Gasteiger partial charge in [0, 0.05) is 97.2 Å². The second-order valence-corrected chi connectivity index (χ2v) is 36.3. The summed E-state index contributed by atoms with van der Waals surface area (Å²) in [6, 6.07) is 173. The number of rotatable bonds is 16. The van der Waals surface area contributed by atoms with Gasteiger partial charge in [-0.1, -0.05) is 406 Å². The van der Waals surface area contributed by atoms with Crippen LogP contribution in [0.2, 0.25) is 0 Å². The summed E-state index contributed by atoms with van der Waals surface area (Å²) in [6.45, 7) is 0. The van der Waals surface area contributed by atoms with Crippen molar-refractivity contribution >= 4 is 107 Å². The van der Waals surface area contributed by atoms with Crippen LogP contribution < -0.4 is 0 Å². The molecule has 0 bridgehead atoms. The number of para-hydroxylation sites is 4. The summed E-state index contributed by atoms with van der Waals surface area (Å²) in [6.07, 6.45) is 0. The van der Waals surface area contributed by atoms with Crippen LogP contribution in [0.5, 0.6) is 0 Å². The molecule has 0 unspecified atom stereocenters. The molecule has 6 heterocycles. The molecule has 8 nitrogen and oxygen atoms in total. The van der Waals surface area contributed by atoms with E-state index in [1.165, 1.54) is 95.1 Å². The lowest BCUT2D eigenvalue weighted by Gasteiger charge is -2.17. The highest BCUT2D eigenvalue weighted by atomic mass is 32.1. The van der Waals surface area contributed by atoms with Gasteiger partial charge in [0.15, 0.2) is 34.9 Å². The van der Waals surface area contributed by atoms with Crippen molar-refractivity contribution in [2.75, 3.05) is 0 Å². The average molecular weight is 1770 g/mol. The van der Waals surface area contributed by atoms with Gasteiger partial charge in [-0.2, -0.15) is 0 Å². The third-order valence-corrected chi connectivity index (χ3v) is 28.5. The summed E-state index contributed by atoms with van der Waals surface area (Å²) < 4.78 is 9.86. The van der Waals surface area contributed by atoms with E-state index in [2.05, 4.69) is 422 Å². The predicted octanol–water partition coefficient (Wildman–Crippen LogP) is 34.0. The van der Waals surface area contributed by atoms with Crippen molar-refractivity contribution in [2.24, 2.45) is 0 Å². The Kier molecular flexibility index (Phi) is 20.5. The zero-order valence-corrected chi connectivity index (χ0v) is 75.2. The van der Waals surface area contributed by atoms with Crippen LogP contribution in [-0.4, -0.2) is 39.0 Å². The van der Waals surface area contributed by atoms with Crippen molar-refractivity contribution in [3.63, 3.8) is 0 Å². The lowest BCUT2D eigenvalue weighted by atomic mass is 9.88. The largest absolute Gasteiger partial charge is 0.308 e. The third-order valence-electron chi connectivity index (χ3n) is 26.2. The van der Waals surface area contributed by atoms with Crippen molar-refractivity contribution < 1.29 is 0 Å². The second kappa shape index (κ2) is 34.6. The Labute approximate surface area is 793 Å². The Hall–Kier alpha value is -17.5. The second-order valence-electron chi connectivity index (χ2n) is 34.2. The van der Waals surface area contributed by atoms with E-state index in [1.807, 2.05) is 95.5 Å². The van der Waals surface area contributed by atoms with Crippen LogP contribution in [0.1, 0.15) is 0 Å². The summed E-state index contributed by atoms with van der Waals surface area (Å²) in [4.78, 5) is 31.7. The monoisotopic (exact) mass is 1770 g/mol. The van der Waals surface area contributed by atoms with Crippen LogP contribution in [0, 0.1) is 0 Å². The van der Waals surface area contributed by atoms with E-state index in [-0.39, 0.29) is 0 Å². The molecule has 636 valence electrons. The third kappa shape index (κ3) is 14.7. The summed E-state index contributed by atoms with van der Waals surface area (Å²) in [7, 11) is 0. The summed E-state index contributed by atoms with van der Waals surface area (Å²) >= 11 is 3.73. The van der Waals surface area contributed by atoms with Gasteiger partial charge in [0.25, 0.3) is 0 Å². The first-order valence-corrected chi connectivity index (χ1v) is 47.5. The summed E-state index contributed by atoms with van der Waals surface area (Å²) in [5.41, 5.74) is 30.7. The van der Waals surface area contributed by atoms with Crippen molar-refractivity contribution in [3.8, 4) is 169 Å². The van der Waals surface area contributed by atoms with E-state index in [9.17, 15) is 0 Å². The Morgan fingerprint density at radius 1 is 0.154 bits per heavy atom. The molecule has 0 aliphatic rings. The predicted molar refractivity (Wildman–Crippen MR) is 570 cm³/mol. The minimum atomic E-state index is 0.609. The maximum atomic E-state index is 5.38. The van der Waals surface area contributed by atoms with E-state index in [0.29, 0.717) is 34.9 Å². The highest BCUT2D eigenvalue weighted by Crippen LogP contribution is 2.51. The van der Waals surface area contributed by atoms with Gasteiger partial charge in [-0.05, 0) is 168 Å². The first kappa shape index (κ1) is 80.5. The number of nitrogens with zero attached hydrogens (tertiary/aromatic N) is 8. The van der Waals surface area contributed by atoms with Crippen molar-refractivity contribution in [3.05, 3.63) is 485 Å². The number of hydrogen-bond donors (Lipinski definition) is 0. The van der Waals surface area contributed by atoms with Gasteiger partial charge in [-0.25, -0.2) is 29.9 Å². The first-order chi connectivity index (χ1) is 67.4. The lowest BCUT2D eigenvalue weighted by molar-refractivity contribution is 1.07. The number of benzene rings is 20. The van der Waals surface area contributed by atoms with Gasteiger partial charge in [0.05, 0.1) is 31.5 Å². The van der Waals surface area contributed by atoms with Crippen LogP contribution in [0.25, 0.3) is 253 Å². The van der Waals surface area contributed by atoms with Crippen LogP contribution in [0.3, 0.4) is 0 Å². The average Bonchev–Trinajstić information content (AvgIpc) is 1.59. The van der Waals surface area contributed by atoms with E-state index in [1.54, 1.807) is 0 Å². The zero-order valence-electron chi connectivity index (χ0n) is 73.6. The van der Waals surface area contributed by atoms with Gasteiger partial charge in [0.1, 0.15) is 0 Å². The van der Waals surface area contributed by atoms with Gasteiger partial charge >= 0.3 is 0 Å². The van der Waals surface area contributed by atoms with E-state index >= 15 is 0 Å². The van der Waals surface area contributed by atoms with Gasteiger partial charge in [-0.3, -0.25) is 0 Å². The minimum absolute atomic E-state index is 0.609. The number of thiophene rings is 2. The standard InChI is InChI=1S/2C63H40N4S/c1-6-19-41(20-7-1)45-33-35-48(42-21-8-2-9-22-42)54(39-45)46-34-36-49(55(40-46)63-65-61(43-23-10-3-11-24-43)64-62(66-63)44-25-12-4-13-26-44)51-30-18-32-57-58(51)53-38-37-52-50-29-16-17-31-56(50)67(59(52)60(53)68-57)47-27-14-5-15-28-47;1-6-18-41(19-7-1)45-30-33-49(42-20-8-2-9-21-42)54(38-45)47-31-34-50(56(40-47)63-65-61(43-22-10-3-11-23-43)64-62(66-63)44-24-12-4-13-25-44)46-32-37-58-55(39-46)53-36-35-52-51-28-16-17-29-57(51)67(59(52)60(53)68-58)48-26-14-5-15-27-48/h2*1-40H. The maximum absolute atomic E-state index is 5.38. The molecular formula is C126H80N8S2. The number of hydrogen-bond acceptors (Lipinski definition) is 8. The molecule has 0 saturated heterocycles. The van der Waals surface area contributed by atoms with Crippen LogP contribution in [0.4, 0.5) is 0 Å². The molecule has 6 aromatic heterocycles. The molecule has 0 N–H and O–H groups in total. The van der Waals surface area contributed by atoms with Crippen molar-refractivity contribution in [1.29, 1.82) is 0 Å². The molecule has 0 spiro atoms. The topological polar surface area (TPSA) is 87.2 Å². The summed E-state index contributed by atoms with van der Waals surface area (Å²) in [5.74, 6) is 3.71. The minimum Gasteiger partial charge on any atom is -0.308 e. The first-order valence-electron chi connectivity index (χ1n) is 45.9. The number of fused-ring (bicyclic) bond motifs is 14. The normalized spacial score (nSPS) is 11.5. The quantitative estimate of drug-likeness (QED) is 0.0958. The van der Waals surface area contributed by atoms with Gasteiger partial charge in [-0.15, -0.1) is 22.7 Å². The molecule has 0 fully saturated rings. The molecule has 0 atom stereocenters. The molecule has 0 amide bonds. The van der Waals surface area contributed by atoms with Gasteiger partial charge < -0.3 is 9.13 Å². The van der Waals surface area contributed by atoms with Crippen molar-refractivity contribution in [1.82, 2.24) is 39.0 Å². The fraction of sp³-hybridized carbons (Fsp3) is 0. The van der Waals surface area contributed by atoms with E-state index in [4.69, 9.17) is 29.9 Å². The molecule has 26 aromatic rings. The van der Waals surface area contributed by atoms with Crippen molar-refractivity contribution in [2.45, 2.75) is 0 Å². The van der Waals surface area contributed by atoms with Crippen LogP contribution in [0.15, 0.2) is 485 Å². The fourth-order valence-electron chi connectivity index (χ4n) is 19.8. The maximum Gasteiger partial charge on any atom is 0.164 e. The highest BCUT2D eigenvalue weighted by molar-refractivity contribution is 7.27. The molecule has 0 saturated carbocycles. The summed E-state index contributed by atoms with van der Waals surface area (Å²) in [5, 5.41) is 9.88. The Morgan fingerprint density at radius 2 is 0.463 bits per heavy atom. The van der Waals surface area contributed by atoms with E-state index in [0.717, 1.165) is 123 Å². The zero-order chi connectivity index (χ0) is 89.9.